The van der Waals surface area contributed by atoms with Crippen LogP contribution >= 0.6 is 0 Å². The Labute approximate surface area is 73.7 Å². The molecule has 1 saturated carbocycles. The van der Waals surface area contributed by atoms with E-state index in [4.69, 9.17) is 14.4 Å². The maximum atomic E-state index is 8.83. The van der Waals surface area contributed by atoms with Crippen LogP contribution in [0, 0.1) is 5.92 Å². The Balaban J connectivity index is 2.39. The molecule has 0 aromatic rings. The molecule has 0 saturated heterocycles. The third kappa shape index (κ3) is 3.20. The molecule has 0 heterocycles. The Morgan fingerprint density at radius 3 is 2.25 bits per heavy atom. The molecule has 1 rings (SSSR count). The molecular formula is C7H17NO3Si. The first kappa shape index (κ1) is 10.1. The van der Waals surface area contributed by atoms with Crippen LogP contribution in [0.3, 0.4) is 0 Å². The van der Waals surface area contributed by atoms with E-state index in [1.54, 1.807) is 0 Å². The van der Waals surface area contributed by atoms with Gasteiger partial charge in [-0.1, -0.05) is 19.8 Å². The predicted octanol–water partition coefficient (Wildman–Crippen LogP) is -0.433. The summed E-state index contributed by atoms with van der Waals surface area (Å²) in [5, 5.41) is 0. The van der Waals surface area contributed by atoms with Gasteiger partial charge in [-0.25, -0.2) is 0 Å². The van der Waals surface area contributed by atoms with E-state index in [1.807, 2.05) is 0 Å². The van der Waals surface area contributed by atoms with E-state index in [0.29, 0.717) is 5.92 Å². The normalized spacial score (nSPS) is 32.0. The Morgan fingerprint density at radius 1 is 1.17 bits per heavy atom. The summed E-state index contributed by atoms with van der Waals surface area (Å²) in [5.41, 5.74) is 0. The first-order valence-electron chi connectivity index (χ1n) is 4.44. The van der Waals surface area contributed by atoms with Crippen LogP contribution in [0.4, 0.5) is 0 Å². The minimum absolute atomic E-state index is 0.0745. The first-order chi connectivity index (χ1) is 5.49. The molecule has 1 aliphatic rings. The summed E-state index contributed by atoms with van der Waals surface area (Å²) in [5.74, 6) is 0.428. The van der Waals surface area contributed by atoms with Crippen LogP contribution in [0.1, 0.15) is 32.6 Å². The van der Waals surface area contributed by atoms with Crippen molar-refractivity contribution in [1.82, 2.24) is 4.98 Å². The van der Waals surface area contributed by atoms with Crippen molar-refractivity contribution in [2.45, 2.75) is 38.6 Å². The van der Waals surface area contributed by atoms with Crippen molar-refractivity contribution in [3.8, 4) is 0 Å². The lowest BCUT2D eigenvalue weighted by atomic mass is 9.87. The SMILES string of the molecule is CC1CCCCC1N[Si](O)(O)O. The van der Waals surface area contributed by atoms with Gasteiger partial charge in [0.2, 0.25) is 0 Å². The Kier molecular flexibility index (Phi) is 3.25. The molecule has 0 aromatic carbocycles. The van der Waals surface area contributed by atoms with Gasteiger partial charge in [0.25, 0.3) is 0 Å². The molecule has 0 spiro atoms. The van der Waals surface area contributed by atoms with Gasteiger partial charge >= 0.3 is 8.97 Å². The maximum absolute atomic E-state index is 8.83. The summed E-state index contributed by atoms with van der Waals surface area (Å²) in [6, 6.07) is 0.0745. The molecule has 2 atom stereocenters. The molecule has 0 aliphatic heterocycles. The zero-order chi connectivity index (χ0) is 9.19. The molecule has 0 aromatic heterocycles. The molecule has 1 fully saturated rings. The van der Waals surface area contributed by atoms with Gasteiger partial charge in [0.1, 0.15) is 0 Å². The molecule has 4 nitrogen and oxygen atoms in total. The maximum Gasteiger partial charge on any atom is 0.588 e. The van der Waals surface area contributed by atoms with Crippen molar-refractivity contribution in [2.24, 2.45) is 5.92 Å². The van der Waals surface area contributed by atoms with Gasteiger partial charge in [-0.05, 0) is 18.8 Å². The number of hydrogen-bond donors (Lipinski definition) is 4. The molecule has 4 N–H and O–H groups in total. The second-order valence-corrected chi connectivity index (χ2v) is 5.21. The highest BCUT2D eigenvalue weighted by atomic mass is 28.4. The monoisotopic (exact) mass is 191 g/mol. The molecule has 0 bridgehead atoms. The summed E-state index contributed by atoms with van der Waals surface area (Å²) in [7, 11) is -4.04. The van der Waals surface area contributed by atoms with Crippen molar-refractivity contribution in [2.75, 3.05) is 0 Å². The van der Waals surface area contributed by atoms with Crippen LogP contribution in [0.5, 0.6) is 0 Å². The van der Waals surface area contributed by atoms with E-state index in [1.165, 1.54) is 6.42 Å². The highest BCUT2D eigenvalue weighted by molar-refractivity contribution is 6.53. The van der Waals surface area contributed by atoms with Gasteiger partial charge in [0.15, 0.2) is 0 Å². The van der Waals surface area contributed by atoms with Crippen LogP contribution in [0.2, 0.25) is 0 Å². The van der Waals surface area contributed by atoms with Crippen molar-refractivity contribution in [3.05, 3.63) is 0 Å². The van der Waals surface area contributed by atoms with Gasteiger partial charge in [-0.15, -0.1) is 0 Å². The molecule has 0 amide bonds. The highest BCUT2D eigenvalue weighted by Gasteiger charge is 2.34. The molecule has 0 radical (unpaired) electrons. The van der Waals surface area contributed by atoms with Crippen LogP contribution in [-0.2, 0) is 0 Å². The fourth-order valence-electron chi connectivity index (χ4n) is 1.78. The quantitative estimate of drug-likeness (QED) is 0.447. The predicted molar refractivity (Wildman–Crippen MR) is 47.0 cm³/mol. The lowest BCUT2D eigenvalue weighted by molar-refractivity contribution is 0.179. The third-order valence-corrected chi connectivity index (χ3v) is 3.25. The zero-order valence-electron chi connectivity index (χ0n) is 7.32. The summed E-state index contributed by atoms with van der Waals surface area (Å²) in [4.78, 5) is 29.0. The smallest absolute Gasteiger partial charge is 0.377 e. The van der Waals surface area contributed by atoms with Crippen molar-refractivity contribution in [3.63, 3.8) is 0 Å². The van der Waals surface area contributed by atoms with Crippen LogP contribution < -0.4 is 4.98 Å². The second kappa shape index (κ2) is 3.84. The van der Waals surface area contributed by atoms with Gasteiger partial charge in [-0.2, -0.15) is 0 Å². The summed E-state index contributed by atoms with van der Waals surface area (Å²) in [6.07, 6.45) is 4.34. The Hall–Kier alpha value is 0.0569. The molecule has 2 unspecified atom stereocenters. The fraction of sp³-hybridized carbons (Fsp3) is 1.00. The lowest BCUT2D eigenvalue weighted by Crippen LogP contribution is -2.58. The van der Waals surface area contributed by atoms with Crippen molar-refractivity contribution >= 4 is 8.97 Å². The molecule has 72 valence electrons. The number of nitrogens with one attached hydrogen (secondary N) is 1. The zero-order valence-corrected chi connectivity index (χ0v) is 8.32. The lowest BCUT2D eigenvalue weighted by Gasteiger charge is -2.31. The third-order valence-electron chi connectivity index (χ3n) is 2.49. The molecule has 12 heavy (non-hydrogen) atoms. The van der Waals surface area contributed by atoms with E-state index < -0.39 is 8.97 Å². The molecule has 1 aliphatic carbocycles. The standard InChI is InChI=1S/C7H17NO3Si/c1-6-4-2-3-5-7(6)8-12(9,10)11/h6-11H,2-5H2,1H3. The van der Waals surface area contributed by atoms with Crippen LogP contribution in [-0.4, -0.2) is 29.4 Å². The fourth-order valence-corrected chi connectivity index (χ4v) is 2.71. The van der Waals surface area contributed by atoms with E-state index in [2.05, 4.69) is 11.9 Å². The summed E-state index contributed by atoms with van der Waals surface area (Å²) in [6.45, 7) is 2.07. The Bertz CT molecular complexity index is 148. The number of rotatable bonds is 2. The van der Waals surface area contributed by atoms with E-state index in [-0.39, 0.29) is 6.04 Å². The molecular weight excluding hydrogens is 174 g/mol. The van der Waals surface area contributed by atoms with Gasteiger partial charge in [-0.3, -0.25) is 4.98 Å². The van der Waals surface area contributed by atoms with Gasteiger partial charge < -0.3 is 14.4 Å². The average molecular weight is 191 g/mol. The van der Waals surface area contributed by atoms with Crippen molar-refractivity contribution in [1.29, 1.82) is 0 Å². The second-order valence-electron chi connectivity index (χ2n) is 3.65. The van der Waals surface area contributed by atoms with Gasteiger partial charge in [0, 0.05) is 6.04 Å². The van der Waals surface area contributed by atoms with E-state index in [0.717, 1.165) is 19.3 Å². The van der Waals surface area contributed by atoms with Crippen LogP contribution in [0.15, 0.2) is 0 Å². The topological polar surface area (TPSA) is 72.7 Å². The average Bonchev–Trinajstić information content (AvgIpc) is 1.91. The van der Waals surface area contributed by atoms with E-state index >= 15 is 0 Å². The molecule has 5 heteroatoms. The minimum atomic E-state index is -4.04. The first-order valence-corrected chi connectivity index (χ1v) is 6.28. The van der Waals surface area contributed by atoms with E-state index in [9.17, 15) is 0 Å². The summed E-state index contributed by atoms with van der Waals surface area (Å²) >= 11 is 0. The highest BCUT2D eigenvalue weighted by Crippen LogP contribution is 2.23. The Morgan fingerprint density at radius 2 is 1.75 bits per heavy atom. The van der Waals surface area contributed by atoms with Crippen LogP contribution in [0.25, 0.3) is 0 Å². The van der Waals surface area contributed by atoms with Gasteiger partial charge in [0.05, 0.1) is 0 Å². The van der Waals surface area contributed by atoms with Crippen molar-refractivity contribution < 1.29 is 14.4 Å². The largest absolute Gasteiger partial charge is 0.588 e. The minimum Gasteiger partial charge on any atom is -0.377 e. The summed E-state index contributed by atoms with van der Waals surface area (Å²) < 4.78 is 0. The number of hydrogen-bond acceptors (Lipinski definition) is 4.